The molecular formula is C24H25N3O2S. The van der Waals surface area contributed by atoms with E-state index < -0.39 is 10.0 Å². The maximum absolute atomic E-state index is 12.5. The summed E-state index contributed by atoms with van der Waals surface area (Å²) in [6, 6.07) is 22.6. The summed E-state index contributed by atoms with van der Waals surface area (Å²) in [7, 11) is -3.59. The van der Waals surface area contributed by atoms with Crippen molar-refractivity contribution in [3.63, 3.8) is 0 Å². The molecule has 0 aliphatic rings. The highest BCUT2D eigenvalue weighted by atomic mass is 32.2. The molecule has 1 heterocycles. The fourth-order valence-corrected chi connectivity index (χ4v) is 4.65. The second-order valence-electron chi connectivity index (χ2n) is 7.38. The Labute approximate surface area is 177 Å². The van der Waals surface area contributed by atoms with Gasteiger partial charge in [-0.2, -0.15) is 0 Å². The van der Waals surface area contributed by atoms with Crippen molar-refractivity contribution in [2.24, 2.45) is 0 Å². The molecule has 0 aliphatic carbocycles. The number of nitrogens with zero attached hydrogens (tertiary/aromatic N) is 2. The van der Waals surface area contributed by atoms with Crippen molar-refractivity contribution < 1.29 is 8.42 Å². The monoisotopic (exact) mass is 419 g/mol. The lowest BCUT2D eigenvalue weighted by Gasteiger charge is -2.10. The van der Waals surface area contributed by atoms with Gasteiger partial charge >= 0.3 is 0 Å². The summed E-state index contributed by atoms with van der Waals surface area (Å²) in [6.07, 6.45) is 1.67. The van der Waals surface area contributed by atoms with E-state index in [0.29, 0.717) is 5.69 Å². The molecule has 0 saturated carbocycles. The lowest BCUT2D eigenvalue weighted by molar-refractivity contribution is 0.601. The number of benzene rings is 3. The fraction of sp³-hybridized carbons (Fsp3) is 0.208. The van der Waals surface area contributed by atoms with Gasteiger partial charge in [-0.15, -0.1) is 0 Å². The van der Waals surface area contributed by atoms with Gasteiger partial charge in [0.15, 0.2) is 0 Å². The third kappa shape index (κ3) is 4.24. The first kappa shape index (κ1) is 20.2. The molecule has 0 bridgehead atoms. The Morgan fingerprint density at radius 3 is 2.30 bits per heavy atom. The van der Waals surface area contributed by atoms with Crippen LogP contribution in [0.3, 0.4) is 0 Å². The molecule has 0 spiro atoms. The number of imidazole rings is 1. The standard InChI is InChI=1S/C24H25N3O2S/c1-3-27-23-7-5-4-6-22(23)25-24(27)17-12-19-10-13-20(14-11-19)26-30(28,29)21-15-8-18(2)9-16-21/h4-11,13-16,26H,3,12,17H2,1-2H3. The van der Waals surface area contributed by atoms with E-state index >= 15 is 0 Å². The van der Waals surface area contributed by atoms with E-state index in [4.69, 9.17) is 4.98 Å². The molecule has 0 saturated heterocycles. The van der Waals surface area contributed by atoms with Gasteiger partial charge in [-0.1, -0.05) is 42.0 Å². The highest BCUT2D eigenvalue weighted by Gasteiger charge is 2.14. The number of anilines is 1. The molecule has 0 unspecified atom stereocenters. The summed E-state index contributed by atoms with van der Waals surface area (Å²) >= 11 is 0. The number of fused-ring (bicyclic) bond motifs is 1. The number of para-hydroxylation sites is 2. The van der Waals surface area contributed by atoms with Crippen molar-refractivity contribution in [2.45, 2.75) is 38.1 Å². The predicted molar refractivity (Wildman–Crippen MR) is 121 cm³/mol. The Morgan fingerprint density at radius 1 is 0.900 bits per heavy atom. The molecule has 0 atom stereocenters. The molecule has 0 radical (unpaired) electrons. The van der Waals surface area contributed by atoms with Gasteiger partial charge in [0.05, 0.1) is 15.9 Å². The first-order valence-corrected chi connectivity index (χ1v) is 11.6. The quantitative estimate of drug-likeness (QED) is 0.461. The maximum Gasteiger partial charge on any atom is 0.261 e. The molecule has 4 rings (SSSR count). The number of nitrogens with one attached hydrogen (secondary N) is 1. The number of hydrogen-bond acceptors (Lipinski definition) is 3. The summed E-state index contributed by atoms with van der Waals surface area (Å²) in [5, 5.41) is 0. The smallest absolute Gasteiger partial charge is 0.261 e. The van der Waals surface area contributed by atoms with Gasteiger partial charge in [-0.3, -0.25) is 4.72 Å². The lowest BCUT2D eigenvalue weighted by Crippen LogP contribution is -2.12. The van der Waals surface area contributed by atoms with Gasteiger partial charge in [-0.25, -0.2) is 13.4 Å². The van der Waals surface area contributed by atoms with Crippen LogP contribution >= 0.6 is 0 Å². The van der Waals surface area contributed by atoms with E-state index in [2.05, 4.69) is 22.3 Å². The Hall–Kier alpha value is -3.12. The van der Waals surface area contributed by atoms with Crippen molar-refractivity contribution in [1.82, 2.24) is 9.55 Å². The van der Waals surface area contributed by atoms with Gasteiger partial charge in [-0.05, 0) is 62.2 Å². The lowest BCUT2D eigenvalue weighted by atomic mass is 10.1. The van der Waals surface area contributed by atoms with Crippen molar-refractivity contribution in [3.8, 4) is 0 Å². The minimum absolute atomic E-state index is 0.260. The number of aryl methyl sites for hydroxylation is 4. The van der Waals surface area contributed by atoms with Crippen LogP contribution in [0, 0.1) is 6.92 Å². The largest absolute Gasteiger partial charge is 0.328 e. The summed E-state index contributed by atoms with van der Waals surface area (Å²) in [5.41, 5.74) is 4.91. The van der Waals surface area contributed by atoms with Crippen LogP contribution in [-0.2, 0) is 29.4 Å². The molecule has 30 heavy (non-hydrogen) atoms. The maximum atomic E-state index is 12.5. The Morgan fingerprint density at radius 2 is 1.60 bits per heavy atom. The SMILES string of the molecule is CCn1c(CCc2ccc(NS(=O)(=O)c3ccc(C)cc3)cc2)nc2ccccc21. The molecular weight excluding hydrogens is 394 g/mol. The Kier molecular flexibility index (Phi) is 5.59. The van der Waals surface area contributed by atoms with Gasteiger partial charge < -0.3 is 4.57 Å². The van der Waals surface area contributed by atoms with Crippen molar-refractivity contribution in [1.29, 1.82) is 0 Å². The van der Waals surface area contributed by atoms with Crippen molar-refractivity contribution in [3.05, 3.63) is 89.7 Å². The molecule has 0 amide bonds. The molecule has 6 heteroatoms. The molecule has 1 aromatic heterocycles. The van der Waals surface area contributed by atoms with Gasteiger partial charge in [0.1, 0.15) is 5.82 Å². The van der Waals surface area contributed by atoms with Crippen LogP contribution in [0.15, 0.2) is 77.7 Å². The van der Waals surface area contributed by atoms with Crippen LogP contribution in [0.25, 0.3) is 11.0 Å². The molecule has 5 nitrogen and oxygen atoms in total. The van der Waals surface area contributed by atoms with E-state index in [-0.39, 0.29) is 4.90 Å². The third-order valence-corrected chi connectivity index (χ3v) is 6.62. The zero-order valence-electron chi connectivity index (χ0n) is 17.2. The van der Waals surface area contributed by atoms with Crippen LogP contribution in [0.1, 0.15) is 23.9 Å². The van der Waals surface area contributed by atoms with Crippen LogP contribution in [0.2, 0.25) is 0 Å². The topological polar surface area (TPSA) is 64.0 Å². The molecule has 4 aromatic rings. The Bertz CT molecular complexity index is 1260. The summed E-state index contributed by atoms with van der Waals surface area (Å²) in [4.78, 5) is 5.04. The number of hydrogen-bond donors (Lipinski definition) is 1. The summed E-state index contributed by atoms with van der Waals surface area (Å²) in [5.74, 6) is 1.07. The van der Waals surface area contributed by atoms with Crippen LogP contribution in [0.4, 0.5) is 5.69 Å². The van der Waals surface area contributed by atoms with Crippen LogP contribution in [-0.4, -0.2) is 18.0 Å². The van der Waals surface area contributed by atoms with E-state index in [1.165, 1.54) is 0 Å². The first-order chi connectivity index (χ1) is 14.5. The summed E-state index contributed by atoms with van der Waals surface area (Å²) in [6.45, 7) is 4.94. The Balaban J connectivity index is 1.45. The number of rotatable bonds is 7. The second kappa shape index (κ2) is 8.32. The second-order valence-corrected chi connectivity index (χ2v) is 9.06. The first-order valence-electron chi connectivity index (χ1n) is 10.1. The van der Waals surface area contributed by atoms with Crippen molar-refractivity contribution in [2.75, 3.05) is 4.72 Å². The average Bonchev–Trinajstić information content (AvgIpc) is 3.11. The van der Waals surface area contributed by atoms with E-state index in [0.717, 1.165) is 47.4 Å². The molecule has 0 aliphatic heterocycles. The highest BCUT2D eigenvalue weighted by molar-refractivity contribution is 7.92. The van der Waals surface area contributed by atoms with E-state index in [9.17, 15) is 8.42 Å². The minimum Gasteiger partial charge on any atom is -0.328 e. The van der Waals surface area contributed by atoms with Crippen LogP contribution in [0.5, 0.6) is 0 Å². The number of aromatic nitrogens is 2. The van der Waals surface area contributed by atoms with E-state index in [1.54, 1.807) is 24.3 Å². The van der Waals surface area contributed by atoms with Crippen LogP contribution < -0.4 is 4.72 Å². The van der Waals surface area contributed by atoms with Gasteiger partial charge in [0.2, 0.25) is 0 Å². The highest BCUT2D eigenvalue weighted by Crippen LogP contribution is 2.20. The normalized spacial score (nSPS) is 11.7. The molecule has 0 fully saturated rings. The van der Waals surface area contributed by atoms with Crippen molar-refractivity contribution >= 4 is 26.7 Å². The molecule has 1 N–H and O–H groups in total. The van der Waals surface area contributed by atoms with E-state index in [1.807, 2.05) is 49.4 Å². The minimum atomic E-state index is -3.59. The van der Waals surface area contributed by atoms with Gasteiger partial charge in [0.25, 0.3) is 10.0 Å². The average molecular weight is 420 g/mol. The number of sulfonamides is 1. The fourth-order valence-electron chi connectivity index (χ4n) is 3.60. The molecule has 154 valence electrons. The zero-order chi connectivity index (χ0) is 21.1. The molecule has 3 aromatic carbocycles. The zero-order valence-corrected chi connectivity index (χ0v) is 18.0. The predicted octanol–water partition coefficient (Wildman–Crippen LogP) is 4.95. The van der Waals surface area contributed by atoms with Gasteiger partial charge in [0, 0.05) is 18.7 Å². The third-order valence-electron chi connectivity index (χ3n) is 5.22. The summed E-state index contributed by atoms with van der Waals surface area (Å²) < 4.78 is 30.0.